The highest BCUT2D eigenvalue weighted by atomic mass is 14.6. The quantitative estimate of drug-likeness (QED) is 0.461. The molecule has 1 rings (SSSR count). The second kappa shape index (κ2) is 3.02. The lowest BCUT2D eigenvalue weighted by Crippen LogP contribution is -2.45. The normalized spacial score (nSPS) is 8.67. The van der Waals surface area contributed by atoms with Gasteiger partial charge in [-0.3, -0.25) is 0 Å². The lowest BCUT2D eigenvalue weighted by atomic mass is 10.1. The summed E-state index contributed by atoms with van der Waals surface area (Å²) in [5, 5.41) is 17.1. The molecule has 0 fully saturated rings. The van der Waals surface area contributed by atoms with Crippen molar-refractivity contribution in [2.24, 2.45) is 0 Å². The Hall–Kier alpha value is -1.88. The van der Waals surface area contributed by atoms with Gasteiger partial charge in [-0.15, -0.1) is 0 Å². The summed E-state index contributed by atoms with van der Waals surface area (Å²) in [7, 11) is 0. The second-order valence-electron chi connectivity index (χ2n) is 2.25. The molecule has 0 saturated carbocycles. The van der Waals surface area contributed by atoms with E-state index in [0.717, 1.165) is 0 Å². The average Bonchev–Trinajstić information content (AvgIpc) is 2.05. The fraction of sp³-hybridized carbons (Fsp3) is 0. The van der Waals surface area contributed by atoms with Crippen molar-refractivity contribution in [3.05, 3.63) is 23.3 Å². The molecule has 0 atom stereocenters. The Kier molecular flexibility index (Phi) is 2.07. The molecule has 4 N–H and O–H groups in total. The number of nitrogen functional groups attached to an aromatic ring is 2. The van der Waals surface area contributed by atoms with Crippen LogP contribution in [0.15, 0.2) is 12.1 Å². The van der Waals surface area contributed by atoms with Gasteiger partial charge < -0.3 is 0 Å². The second-order valence-corrected chi connectivity index (χ2v) is 2.25. The van der Waals surface area contributed by atoms with E-state index < -0.39 is 0 Å². The molecule has 2 radical (unpaired) electrons. The number of nitrogens with zero attached hydrogens (tertiary/aromatic N) is 2. The summed E-state index contributed by atoms with van der Waals surface area (Å²) in [5.41, 5.74) is 12.0. The molecule has 0 aliphatic heterocycles. The van der Waals surface area contributed by atoms with E-state index in [0.29, 0.717) is 11.4 Å². The summed E-state index contributed by atoms with van der Waals surface area (Å²) in [6.07, 6.45) is 0. The summed E-state index contributed by atoms with van der Waals surface area (Å²) < 4.78 is 0. The van der Waals surface area contributed by atoms with Crippen LogP contribution in [0.25, 0.3) is 0 Å². The Labute approximate surface area is 69.6 Å². The van der Waals surface area contributed by atoms with E-state index in [1.165, 1.54) is 12.1 Å². The summed E-state index contributed by atoms with van der Waals surface area (Å²) in [6, 6.07) is 6.52. The van der Waals surface area contributed by atoms with Gasteiger partial charge in [0, 0.05) is 0 Å². The van der Waals surface area contributed by atoms with E-state index in [9.17, 15) is 0 Å². The molecule has 1 aromatic rings. The van der Waals surface area contributed by atoms with Gasteiger partial charge in [-0.25, -0.2) is 0 Å². The van der Waals surface area contributed by atoms with Crippen LogP contribution in [0.2, 0.25) is 0 Å². The Morgan fingerprint density at radius 1 is 0.917 bits per heavy atom. The maximum absolute atomic E-state index is 8.55. The predicted molar refractivity (Wildman–Crippen MR) is 39.0 cm³/mol. The van der Waals surface area contributed by atoms with Gasteiger partial charge in [0.2, 0.25) is 11.4 Å². The number of nitrogens with two attached hydrogens (primary N) is 2. The minimum Gasteiger partial charge on any atom is -0.192 e. The highest BCUT2D eigenvalue weighted by Crippen LogP contribution is 2.16. The molecular formula is C8H6N4+2. The Morgan fingerprint density at radius 2 is 1.33 bits per heavy atom. The first-order valence-corrected chi connectivity index (χ1v) is 3.18. The van der Waals surface area contributed by atoms with Gasteiger partial charge in [0.1, 0.15) is 23.3 Å². The largest absolute Gasteiger partial charge is 0.201 e. The molecule has 0 bridgehead atoms. The maximum Gasteiger partial charge on any atom is 0.201 e. The number of anilines is 2. The van der Waals surface area contributed by atoms with Crippen LogP contribution in [-0.2, 0) is 0 Å². The highest BCUT2D eigenvalue weighted by molar-refractivity contribution is 5.60. The van der Waals surface area contributed by atoms with Crippen LogP contribution in [-0.4, -0.2) is 0 Å². The van der Waals surface area contributed by atoms with Gasteiger partial charge in [-0.1, -0.05) is 0 Å². The van der Waals surface area contributed by atoms with Gasteiger partial charge in [0.15, 0.2) is 0 Å². The van der Waals surface area contributed by atoms with Crippen molar-refractivity contribution >= 4 is 11.4 Å². The van der Waals surface area contributed by atoms with Gasteiger partial charge in [-0.05, 0) is 6.07 Å². The molecule has 0 aliphatic carbocycles. The van der Waals surface area contributed by atoms with E-state index in [-0.39, 0.29) is 11.1 Å². The third kappa shape index (κ3) is 1.25. The van der Waals surface area contributed by atoms with Gasteiger partial charge >= 0.3 is 0 Å². The van der Waals surface area contributed by atoms with Crippen LogP contribution in [0.1, 0.15) is 11.1 Å². The van der Waals surface area contributed by atoms with E-state index in [1.54, 1.807) is 0 Å². The molecule has 56 valence electrons. The molecule has 0 aliphatic rings. The fourth-order valence-electron chi connectivity index (χ4n) is 0.828. The highest BCUT2D eigenvalue weighted by Gasteiger charge is 2.11. The van der Waals surface area contributed by atoms with Gasteiger partial charge in [-0.2, -0.15) is 22.0 Å². The fourth-order valence-corrected chi connectivity index (χ4v) is 0.828. The first kappa shape index (κ1) is 8.22. The van der Waals surface area contributed by atoms with Crippen molar-refractivity contribution in [1.82, 2.24) is 0 Å². The Morgan fingerprint density at radius 3 is 1.67 bits per heavy atom. The first-order valence-electron chi connectivity index (χ1n) is 3.18. The molecule has 4 heteroatoms. The smallest absolute Gasteiger partial charge is 0.192 e. The number of rotatable bonds is 0. The van der Waals surface area contributed by atoms with Crippen molar-refractivity contribution in [3.63, 3.8) is 0 Å². The molecule has 0 heterocycles. The van der Waals surface area contributed by atoms with Crippen molar-refractivity contribution in [2.75, 3.05) is 0 Å². The summed E-state index contributed by atoms with van der Waals surface area (Å²) in [6.45, 7) is 0. The number of benzene rings is 1. The van der Waals surface area contributed by atoms with E-state index in [1.807, 2.05) is 12.1 Å². The number of hydrogen-bond donors (Lipinski definition) is 2. The summed E-state index contributed by atoms with van der Waals surface area (Å²) in [5.74, 6) is 0. The minimum absolute atomic E-state index is 0.278. The van der Waals surface area contributed by atoms with Gasteiger partial charge in [0.25, 0.3) is 0 Å². The Balaban J connectivity index is 3.42. The molecule has 0 aromatic heterocycles. The number of nitriles is 2. The first-order chi connectivity index (χ1) is 5.69. The monoisotopic (exact) mass is 158 g/mol. The average molecular weight is 158 g/mol. The van der Waals surface area contributed by atoms with Crippen molar-refractivity contribution in [3.8, 4) is 12.1 Å². The summed E-state index contributed by atoms with van der Waals surface area (Å²) in [4.78, 5) is 0. The van der Waals surface area contributed by atoms with Crippen molar-refractivity contribution in [1.29, 1.82) is 10.5 Å². The van der Waals surface area contributed by atoms with E-state index in [2.05, 4.69) is 0 Å². The van der Waals surface area contributed by atoms with Crippen molar-refractivity contribution < 1.29 is 11.5 Å². The molecule has 4 nitrogen and oxygen atoms in total. The predicted octanol–water partition coefficient (Wildman–Crippen LogP) is -1.25. The third-order valence-corrected chi connectivity index (χ3v) is 1.46. The summed E-state index contributed by atoms with van der Waals surface area (Å²) >= 11 is 0. The molecule has 12 heavy (non-hydrogen) atoms. The SMILES string of the molecule is N#Cc1cc(C#N)c([NH2+])cc1[NH2+]. The number of hydrogen-bond acceptors (Lipinski definition) is 4. The standard InChI is InChI=1S/C8H6N4/c9-3-5-1-6(4-10)8(12)2-7(5)11/h1-2H,11-12H2/q+2. The van der Waals surface area contributed by atoms with Crippen LogP contribution in [0.3, 0.4) is 0 Å². The zero-order chi connectivity index (χ0) is 9.14. The van der Waals surface area contributed by atoms with Crippen LogP contribution < -0.4 is 11.5 Å². The topological polar surface area (TPSA) is 98.2 Å². The van der Waals surface area contributed by atoms with Crippen molar-refractivity contribution in [2.45, 2.75) is 0 Å². The third-order valence-electron chi connectivity index (χ3n) is 1.46. The molecule has 0 saturated heterocycles. The maximum atomic E-state index is 8.55. The lowest BCUT2D eigenvalue weighted by Gasteiger charge is -1.91. The van der Waals surface area contributed by atoms with Crippen LogP contribution in [0.5, 0.6) is 0 Å². The van der Waals surface area contributed by atoms with E-state index >= 15 is 0 Å². The molecule has 0 spiro atoms. The van der Waals surface area contributed by atoms with Crippen LogP contribution in [0, 0.1) is 22.7 Å². The zero-order valence-corrected chi connectivity index (χ0v) is 6.20. The Bertz CT molecular complexity index is 359. The minimum atomic E-state index is 0.278. The molecular weight excluding hydrogens is 152 g/mol. The van der Waals surface area contributed by atoms with Crippen LogP contribution >= 0.6 is 0 Å². The molecule has 0 unspecified atom stereocenters. The van der Waals surface area contributed by atoms with E-state index in [4.69, 9.17) is 22.0 Å². The lowest BCUT2D eigenvalue weighted by molar-refractivity contribution is -0.266. The van der Waals surface area contributed by atoms with Gasteiger partial charge in [0.05, 0.1) is 6.07 Å². The zero-order valence-electron chi connectivity index (χ0n) is 6.20. The van der Waals surface area contributed by atoms with Crippen LogP contribution in [0.4, 0.5) is 11.4 Å². The molecule has 1 aromatic carbocycles. The molecule has 0 amide bonds.